The van der Waals surface area contributed by atoms with Gasteiger partial charge in [0, 0.05) is 51.0 Å². The molecule has 1 amide bonds. The molecule has 0 bridgehead atoms. The van der Waals surface area contributed by atoms with Gasteiger partial charge in [-0.15, -0.1) is 0 Å². The summed E-state index contributed by atoms with van der Waals surface area (Å²) in [7, 11) is 3.87. The highest BCUT2D eigenvalue weighted by Crippen LogP contribution is 2.30. The number of carbonyl (C=O) groups excluding carboxylic acids is 1. The Morgan fingerprint density at radius 2 is 2.19 bits per heavy atom. The summed E-state index contributed by atoms with van der Waals surface area (Å²) in [5.41, 5.74) is 0.736. The Bertz CT molecular complexity index is 508. The smallest absolute Gasteiger partial charge is 0.254 e. The summed E-state index contributed by atoms with van der Waals surface area (Å²) >= 11 is 0. The SMILES string of the molecule is CN(C)c1cc(C(=O)N(C[C@H]2CCOC2)C2CC2)ccn1. The number of amides is 1. The molecule has 1 atom stereocenters. The number of carbonyl (C=O) groups is 1. The van der Waals surface area contributed by atoms with E-state index in [4.69, 9.17) is 4.74 Å². The van der Waals surface area contributed by atoms with Crippen LogP contribution in [0, 0.1) is 5.92 Å². The first-order chi connectivity index (χ1) is 10.1. The second kappa shape index (κ2) is 6.02. The van der Waals surface area contributed by atoms with E-state index in [0.29, 0.717) is 12.0 Å². The van der Waals surface area contributed by atoms with Crippen LogP contribution in [0.3, 0.4) is 0 Å². The monoisotopic (exact) mass is 289 g/mol. The molecule has 1 saturated carbocycles. The van der Waals surface area contributed by atoms with Crippen molar-refractivity contribution >= 4 is 11.7 Å². The standard InChI is InChI=1S/C16H23N3O2/c1-18(2)15-9-13(5-7-17-15)16(20)19(14-3-4-14)10-12-6-8-21-11-12/h5,7,9,12,14H,3-4,6,8,10-11H2,1-2H3/t12-/m1/s1. The number of ether oxygens (including phenoxy) is 1. The molecule has 0 aromatic carbocycles. The molecular weight excluding hydrogens is 266 g/mol. The third-order valence-corrected chi connectivity index (χ3v) is 4.18. The zero-order chi connectivity index (χ0) is 14.8. The molecule has 3 rings (SSSR count). The maximum Gasteiger partial charge on any atom is 0.254 e. The maximum absolute atomic E-state index is 12.8. The summed E-state index contributed by atoms with van der Waals surface area (Å²) < 4.78 is 5.44. The number of hydrogen-bond acceptors (Lipinski definition) is 4. The quantitative estimate of drug-likeness (QED) is 0.829. The zero-order valence-electron chi connectivity index (χ0n) is 12.8. The molecule has 1 aromatic rings. The van der Waals surface area contributed by atoms with E-state index in [0.717, 1.165) is 50.4 Å². The lowest BCUT2D eigenvalue weighted by Gasteiger charge is -2.25. The summed E-state index contributed by atoms with van der Waals surface area (Å²) in [5, 5.41) is 0. The van der Waals surface area contributed by atoms with E-state index < -0.39 is 0 Å². The number of anilines is 1. The van der Waals surface area contributed by atoms with Crippen LogP contribution in [0.1, 0.15) is 29.6 Å². The Labute approximate surface area is 125 Å². The molecule has 2 fully saturated rings. The summed E-state index contributed by atoms with van der Waals surface area (Å²) in [5.74, 6) is 1.44. The van der Waals surface area contributed by atoms with E-state index in [-0.39, 0.29) is 5.91 Å². The lowest BCUT2D eigenvalue weighted by molar-refractivity contribution is 0.0706. The van der Waals surface area contributed by atoms with E-state index in [2.05, 4.69) is 4.98 Å². The molecular formula is C16H23N3O2. The van der Waals surface area contributed by atoms with Crippen molar-refractivity contribution in [3.8, 4) is 0 Å². The molecule has 1 aliphatic heterocycles. The third kappa shape index (κ3) is 3.35. The van der Waals surface area contributed by atoms with E-state index in [1.54, 1.807) is 6.20 Å². The minimum Gasteiger partial charge on any atom is -0.381 e. The largest absolute Gasteiger partial charge is 0.381 e. The minimum atomic E-state index is 0.134. The predicted molar refractivity (Wildman–Crippen MR) is 81.5 cm³/mol. The van der Waals surface area contributed by atoms with Crippen LogP contribution in [0.25, 0.3) is 0 Å². The topological polar surface area (TPSA) is 45.7 Å². The van der Waals surface area contributed by atoms with Crippen molar-refractivity contribution in [3.05, 3.63) is 23.9 Å². The number of aromatic nitrogens is 1. The average molecular weight is 289 g/mol. The summed E-state index contributed by atoms with van der Waals surface area (Å²) in [4.78, 5) is 21.1. The summed E-state index contributed by atoms with van der Waals surface area (Å²) in [6, 6.07) is 4.12. The van der Waals surface area contributed by atoms with Gasteiger partial charge in [-0.25, -0.2) is 4.98 Å². The fourth-order valence-electron chi connectivity index (χ4n) is 2.75. The van der Waals surface area contributed by atoms with Gasteiger partial charge in [-0.05, 0) is 31.4 Å². The molecule has 114 valence electrons. The van der Waals surface area contributed by atoms with Gasteiger partial charge in [0.1, 0.15) is 5.82 Å². The fourth-order valence-corrected chi connectivity index (χ4v) is 2.75. The van der Waals surface area contributed by atoms with Crippen LogP contribution in [-0.2, 0) is 4.74 Å². The van der Waals surface area contributed by atoms with Crippen molar-refractivity contribution in [2.75, 3.05) is 38.8 Å². The molecule has 0 N–H and O–H groups in total. The second-order valence-corrected chi connectivity index (χ2v) is 6.22. The highest BCUT2D eigenvalue weighted by Gasteiger charge is 2.35. The van der Waals surface area contributed by atoms with Gasteiger partial charge >= 0.3 is 0 Å². The van der Waals surface area contributed by atoms with Gasteiger partial charge in [-0.1, -0.05) is 0 Å². The van der Waals surface area contributed by atoms with Crippen LogP contribution >= 0.6 is 0 Å². The predicted octanol–water partition coefficient (Wildman–Crippen LogP) is 1.79. The fraction of sp³-hybridized carbons (Fsp3) is 0.625. The Hall–Kier alpha value is -1.62. The van der Waals surface area contributed by atoms with Gasteiger partial charge in [-0.3, -0.25) is 4.79 Å². The Balaban J connectivity index is 1.75. The Morgan fingerprint density at radius 3 is 2.81 bits per heavy atom. The van der Waals surface area contributed by atoms with Crippen molar-refractivity contribution in [2.24, 2.45) is 5.92 Å². The number of rotatable bonds is 5. The molecule has 0 unspecified atom stereocenters. The first kappa shape index (κ1) is 14.3. The van der Waals surface area contributed by atoms with E-state index in [9.17, 15) is 4.79 Å². The first-order valence-corrected chi connectivity index (χ1v) is 7.67. The van der Waals surface area contributed by atoms with Crippen molar-refractivity contribution < 1.29 is 9.53 Å². The molecule has 2 heterocycles. The van der Waals surface area contributed by atoms with Gasteiger partial charge in [0.05, 0.1) is 6.61 Å². The summed E-state index contributed by atoms with van der Waals surface area (Å²) in [6.45, 7) is 2.44. The molecule has 0 radical (unpaired) electrons. The number of nitrogens with zero attached hydrogens (tertiary/aromatic N) is 3. The van der Waals surface area contributed by atoms with Gasteiger partial charge in [0.15, 0.2) is 0 Å². The van der Waals surface area contributed by atoms with Gasteiger partial charge in [-0.2, -0.15) is 0 Å². The summed E-state index contributed by atoms with van der Waals surface area (Å²) in [6.07, 6.45) is 5.04. The first-order valence-electron chi connectivity index (χ1n) is 7.67. The average Bonchev–Trinajstić information content (AvgIpc) is 3.20. The van der Waals surface area contributed by atoms with E-state index in [1.807, 2.05) is 36.0 Å². The van der Waals surface area contributed by atoms with Crippen LogP contribution in [0.15, 0.2) is 18.3 Å². The molecule has 5 nitrogen and oxygen atoms in total. The molecule has 2 aliphatic rings. The Kier molecular flexibility index (Phi) is 4.10. The molecule has 1 aromatic heterocycles. The third-order valence-electron chi connectivity index (χ3n) is 4.18. The van der Waals surface area contributed by atoms with E-state index in [1.165, 1.54) is 0 Å². The molecule has 5 heteroatoms. The molecule has 1 saturated heterocycles. The number of hydrogen-bond donors (Lipinski definition) is 0. The highest BCUT2D eigenvalue weighted by molar-refractivity contribution is 5.95. The minimum absolute atomic E-state index is 0.134. The van der Waals surface area contributed by atoms with Crippen LogP contribution in [0.5, 0.6) is 0 Å². The van der Waals surface area contributed by atoms with Crippen molar-refractivity contribution in [1.82, 2.24) is 9.88 Å². The molecule has 0 spiro atoms. The van der Waals surface area contributed by atoms with Crippen LogP contribution < -0.4 is 4.90 Å². The van der Waals surface area contributed by atoms with Gasteiger partial charge in [0.2, 0.25) is 0 Å². The van der Waals surface area contributed by atoms with Gasteiger partial charge in [0.25, 0.3) is 5.91 Å². The normalized spacial score (nSPS) is 21.3. The van der Waals surface area contributed by atoms with Crippen molar-refractivity contribution in [3.63, 3.8) is 0 Å². The number of pyridine rings is 1. The van der Waals surface area contributed by atoms with Crippen LogP contribution in [0.2, 0.25) is 0 Å². The van der Waals surface area contributed by atoms with E-state index >= 15 is 0 Å². The van der Waals surface area contributed by atoms with Crippen LogP contribution in [0.4, 0.5) is 5.82 Å². The second-order valence-electron chi connectivity index (χ2n) is 6.22. The van der Waals surface area contributed by atoms with Crippen LogP contribution in [-0.4, -0.2) is 55.7 Å². The lowest BCUT2D eigenvalue weighted by atomic mass is 10.1. The molecule has 21 heavy (non-hydrogen) atoms. The van der Waals surface area contributed by atoms with Crippen molar-refractivity contribution in [1.29, 1.82) is 0 Å². The Morgan fingerprint density at radius 1 is 1.38 bits per heavy atom. The highest BCUT2D eigenvalue weighted by atomic mass is 16.5. The van der Waals surface area contributed by atoms with Gasteiger partial charge < -0.3 is 14.5 Å². The van der Waals surface area contributed by atoms with Crippen molar-refractivity contribution in [2.45, 2.75) is 25.3 Å². The lowest BCUT2D eigenvalue weighted by Crippen LogP contribution is -2.37. The molecule has 1 aliphatic carbocycles. The zero-order valence-corrected chi connectivity index (χ0v) is 12.8. The maximum atomic E-state index is 12.8.